The molecule has 0 aliphatic carbocycles. The van der Waals surface area contributed by atoms with E-state index in [2.05, 4.69) is 9.97 Å². The molecule has 5 aromatic rings. The third kappa shape index (κ3) is 3.80. The van der Waals surface area contributed by atoms with Crippen LogP contribution >= 0.6 is 0 Å². The van der Waals surface area contributed by atoms with Gasteiger partial charge < -0.3 is 4.74 Å². The standard InChI is InChI=1S/C25H20FN5O/c1-32-23-15-28-25(29-21(23)14-17-10-12-27-13-11-17)24-19-7-3-5-9-22(19)31(30-24)16-18-6-2-4-8-20(18)26/h2-13,15H,14,16H2,1H3. The van der Waals surface area contributed by atoms with Gasteiger partial charge in [-0.25, -0.2) is 14.4 Å². The number of halogens is 1. The second kappa shape index (κ2) is 8.55. The zero-order chi connectivity index (χ0) is 21.9. The highest BCUT2D eigenvalue weighted by molar-refractivity contribution is 5.91. The van der Waals surface area contributed by atoms with Crippen LogP contribution < -0.4 is 4.74 Å². The molecule has 5 rings (SSSR count). The van der Waals surface area contributed by atoms with Gasteiger partial charge in [0.15, 0.2) is 11.6 Å². The van der Waals surface area contributed by atoms with Gasteiger partial charge in [0, 0.05) is 29.8 Å². The van der Waals surface area contributed by atoms with E-state index in [-0.39, 0.29) is 5.82 Å². The molecular formula is C25H20FN5O. The van der Waals surface area contributed by atoms with Crippen LogP contribution in [0, 0.1) is 5.82 Å². The molecule has 0 aliphatic heterocycles. The Hall–Kier alpha value is -4.13. The molecule has 158 valence electrons. The van der Waals surface area contributed by atoms with Crippen LogP contribution in [0.5, 0.6) is 5.75 Å². The molecule has 3 heterocycles. The van der Waals surface area contributed by atoms with Crippen molar-refractivity contribution in [1.29, 1.82) is 0 Å². The van der Waals surface area contributed by atoms with Crippen molar-refractivity contribution in [3.63, 3.8) is 0 Å². The van der Waals surface area contributed by atoms with Crippen LogP contribution in [0.3, 0.4) is 0 Å². The lowest BCUT2D eigenvalue weighted by Crippen LogP contribution is -2.05. The predicted octanol–water partition coefficient (Wildman–Crippen LogP) is 4.68. The molecule has 0 radical (unpaired) electrons. The van der Waals surface area contributed by atoms with Gasteiger partial charge in [-0.3, -0.25) is 9.67 Å². The molecule has 0 atom stereocenters. The smallest absolute Gasteiger partial charge is 0.181 e. The fraction of sp³-hybridized carbons (Fsp3) is 0.120. The van der Waals surface area contributed by atoms with Gasteiger partial charge in [0.05, 0.1) is 31.1 Å². The highest BCUT2D eigenvalue weighted by atomic mass is 19.1. The van der Waals surface area contributed by atoms with E-state index in [0.717, 1.165) is 22.2 Å². The molecule has 3 aromatic heterocycles. The first-order valence-corrected chi connectivity index (χ1v) is 10.2. The molecule has 2 aromatic carbocycles. The number of pyridine rings is 1. The number of hydrogen-bond acceptors (Lipinski definition) is 5. The fourth-order valence-corrected chi connectivity index (χ4v) is 3.71. The Balaban J connectivity index is 1.59. The number of para-hydroxylation sites is 1. The van der Waals surface area contributed by atoms with Gasteiger partial charge in [0.1, 0.15) is 11.5 Å². The van der Waals surface area contributed by atoms with Crippen LogP contribution in [0.1, 0.15) is 16.8 Å². The third-order valence-corrected chi connectivity index (χ3v) is 5.32. The van der Waals surface area contributed by atoms with Crippen molar-refractivity contribution >= 4 is 10.9 Å². The van der Waals surface area contributed by atoms with Crippen molar-refractivity contribution in [3.05, 3.63) is 102 Å². The molecule has 0 amide bonds. The normalized spacial score (nSPS) is 11.1. The summed E-state index contributed by atoms with van der Waals surface area (Å²) in [6.45, 7) is 0.313. The number of benzene rings is 2. The Morgan fingerprint density at radius 3 is 2.56 bits per heavy atom. The molecule has 0 aliphatic rings. The Labute approximate surface area is 184 Å². The molecule has 0 unspecified atom stereocenters. The first-order valence-electron chi connectivity index (χ1n) is 10.2. The molecule has 0 N–H and O–H groups in total. The Bertz CT molecular complexity index is 1380. The van der Waals surface area contributed by atoms with Crippen molar-refractivity contribution in [3.8, 4) is 17.3 Å². The lowest BCUT2D eigenvalue weighted by molar-refractivity contribution is 0.405. The molecular weight excluding hydrogens is 405 g/mol. The Morgan fingerprint density at radius 1 is 0.969 bits per heavy atom. The Morgan fingerprint density at radius 2 is 1.75 bits per heavy atom. The van der Waals surface area contributed by atoms with Crippen LogP contribution in [0.15, 0.2) is 79.3 Å². The molecule has 0 saturated carbocycles. The van der Waals surface area contributed by atoms with Crippen LogP contribution in [0.2, 0.25) is 0 Å². The summed E-state index contributed by atoms with van der Waals surface area (Å²) in [5.74, 6) is 0.855. The first kappa shape index (κ1) is 19.8. The maximum Gasteiger partial charge on any atom is 0.181 e. The van der Waals surface area contributed by atoms with Gasteiger partial charge in [-0.2, -0.15) is 5.10 Å². The number of rotatable bonds is 6. The fourth-order valence-electron chi connectivity index (χ4n) is 3.71. The number of fused-ring (bicyclic) bond motifs is 1. The van der Waals surface area contributed by atoms with Crippen molar-refractivity contribution in [2.45, 2.75) is 13.0 Å². The minimum absolute atomic E-state index is 0.256. The van der Waals surface area contributed by atoms with E-state index >= 15 is 0 Å². The van der Waals surface area contributed by atoms with E-state index in [4.69, 9.17) is 14.8 Å². The lowest BCUT2D eigenvalue weighted by atomic mass is 10.1. The van der Waals surface area contributed by atoms with Crippen molar-refractivity contribution in [1.82, 2.24) is 24.7 Å². The summed E-state index contributed by atoms with van der Waals surface area (Å²) < 4.78 is 21.5. The zero-order valence-corrected chi connectivity index (χ0v) is 17.4. The van der Waals surface area contributed by atoms with E-state index < -0.39 is 0 Å². The van der Waals surface area contributed by atoms with Crippen LogP contribution in [-0.2, 0) is 13.0 Å². The monoisotopic (exact) mass is 425 g/mol. The number of aromatic nitrogens is 5. The summed E-state index contributed by atoms with van der Waals surface area (Å²) >= 11 is 0. The minimum atomic E-state index is -0.256. The quantitative estimate of drug-likeness (QED) is 0.395. The molecule has 6 nitrogen and oxygen atoms in total. The van der Waals surface area contributed by atoms with Gasteiger partial charge in [0.25, 0.3) is 0 Å². The van der Waals surface area contributed by atoms with E-state index in [0.29, 0.717) is 35.8 Å². The highest BCUT2D eigenvalue weighted by Gasteiger charge is 2.18. The lowest BCUT2D eigenvalue weighted by Gasteiger charge is -2.08. The molecule has 7 heteroatoms. The Kier molecular flexibility index (Phi) is 5.29. The summed E-state index contributed by atoms with van der Waals surface area (Å²) in [4.78, 5) is 13.4. The second-order valence-corrected chi connectivity index (χ2v) is 7.36. The summed E-state index contributed by atoms with van der Waals surface area (Å²) in [6, 6.07) is 18.4. The zero-order valence-electron chi connectivity index (χ0n) is 17.4. The van der Waals surface area contributed by atoms with E-state index in [1.165, 1.54) is 6.07 Å². The average Bonchev–Trinajstić information content (AvgIpc) is 3.20. The van der Waals surface area contributed by atoms with Crippen molar-refractivity contribution < 1.29 is 9.13 Å². The van der Waals surface area contributed by atoms with Gasteiger partial charge in [0.2, 0.25) is 0 Å². The highest BCUT2D eigenvalue weighted by Crippen LogP contribution is 2.29. The van der Waals surface area contributed by atoms with Crippen LogP contribution in [0.25, 0.3) is 22.4 Å². The van der Waals surface area contributed by atoms with Crippen LogP contribution in [-0.4, -0.2) is 31.8 Å². The average molecular weight is 425 g/mol. The minimum Gasteiger partial charge on any atom is -0.493 e. The van der Waals surface area contributed by atoms with E-state index in [1.807, 2.05) is 42.5 Å². The SMILES string of the molecule is COc1cnc(-c2nn(Cc3ccccc3F)c3ccccc23)nc1Cc1ccncc1. The molecule has 0 saturated heterocycles. The summed E-state index contributed by atoms with van der Waals surface area (Å²) in [7, 11) is 1.60. The van der Waals surface area contributed by atoms with E-state index in [9.17, 15) is 4.39 Å². The van der Waals surface area contributed by atoms with Gasteiger partial charge in [-0.05, 0) is 29.8 Å². The predicted molar refractivity (Wildman–Crippen MR) is 120 cm³/mol. The second-order valence-electron chi connectivity index (χ2n) is 7.36. The van der Waals surface area contributed by atoms with Gasteiger partial charge in [-0.15, -0.1) is 0 Å². The third-order valence-electron chi connectivity index (χ3n) is 5.32. The maximum absolute atomic E-state index is 14.3. The molecule has 0 fully saturated rings. The number of nitrogens with zero attached hydrogens (tertiary/aromatic N) is 5. The topological polar surface area (TPSA) is 65.7 Å². The molecule has 32 heavy (non-hydrogen) atoms. The number of methoxy groups -OCH3 is 1. The van der Waals surface area contributed by atoms with Crippen molar-refractivity contribution in [2.75, 3.05) is 7.11 Å². The molecule has 0 spiro atoms. The largest absolute Gasteiger partial charge is 0.493 e. The maximum atomic E-state index is 14.3. The van der Waals surface area contributed by atoms with Gasteiger partial charge >= 0.3 is 0 Å². The van der Waals surface area contributed by atoms with E-state index in [1.54, 1.807) is 42.5 Å². The van der Waals surface area contributed by atoms with Gasteiger partial charge in [-0.1, -0.05) is 36.4 Å². The summed E-state index contributed by atoms with van der Waals surface area (Å²) in [5, 5.41) is 5.68. The number of ether oxygens (including phenoxy) is 1. The van der Waals surface area contributed by atoms with Crippen molar-refractivity contribution in [2.24, 2.45) is 0 Å². The molecule has 0 bridgehead atoms. The summed E-state index contributed by atoms with van der Waals surface area (Å²) in [5.41, 5.74) is 3.94. The van der Waals surface area contributed by atoms with Crippen LogP contribution in [0.4, 0.5) is 4.39 Å². The summed E-state index contributed by atoms with van der Waals surface area (Å²) in [6.07, 6.45) is 5.75. The number of hydrogen-bond donors (Lipinski definition) is 0. The first-order chi connectivity index (χ1) is 15.7.